The van der Waals surface area contributed by atoms with E-state index in [1.54, 1.807) is 53.7 Å². The minimum Gasteiger partial charge on any atom is -0.469 e. The molecule has 0 heterocycles. The summed E-state index contributed by atoms with van der Waals surface area (Å²) in [6.45, 7) is 9.77. The largest absolute Gasteiger partial charge is 0.469 e. The number of hydrogen-bond acceptors (Lipinski definition) is 8. The van der Waals surface area contributed by atoms with Crippen LogP contribution in [0.25, 0.3) is 0 Å². The molecule has 0 atom stereocenters. The normalized spacial score (nSPS) is 11.6. The Labute approximate surface area is 215 Å². The molecule has 0 unspecified atom stereocenters. The summed E-state index contributed by atoms with van der Waals surface area (Å²) < 4.78 is 14.8. The molecule has 13 heteroatoms. The Bertz CT molecular complexity index is 1020. The van der Waals surface area contributed by atoms with Crippen LogP contribution in [-0.2, 0) is 23.8 Å². The fraction of sp³-hybridized carbons (Fsp3) is 0.500. The molecular weight excluding hydrogens is 486 g/mol. The van der Waals surface area contributed by atoms with Crippen molar-refractivity contribution >= 4 is 41.6 Å². The number of rotatable bonds is 7. The number of methoxy groups -OCH3 is 1. The van der Waals surface area contributed by atoms with Crippen molar-refractivity contribution in [2.75, 3.05) is 25.5 Å². The van der Waals surface area contributed by atoms with Gasteiger partial charge in [0.05, 0.1) is 20.1 Å². The van der Waals surface area contributed by atoms with Crippen molar-refractivity contribution in [3.05, 3.63) is 29.8 Å². The molecule has 0 saturated carbocycles. The fourth-order valence-corrected chi connectivity index (χ4v) is 2.47. The molecule has 0 aliphatic rings. The topological polar surface area (TPSA) is 174 Å². The number of nitrogens with zero attached hydrogens (tertiary/aromatic N) is 1. The smallest absolute Gasteiger partial charge is 0.437 e. The van der Waals surface area contributed by atoms with Crippen molar-refractivity contribution in [1.29, 1.82) is 0 Å². The molecule has 13 nitrogen and oxygen atoms in total. The number of benzene rings is 1. The maximum Gasteiger partial charge on any atom is 0.437 e. The van der Waals surface area contributed by atoms with Gasteiger partial charge < -0.3 is 30.2 Å². The van der Waals surface area contributed by atoms with E-state index < -0.39 is 41.2 Å². The van der Waals surface area contributed by atoms with Crippen molar-refractivity contribution in [3.8, 4) is 0 Å². The molecule has 1 aromatic rings. The number of carbonyl (C=O) groups excluding carboxylic acids is 5. The summed E-state index contributed by atoms with van der Waals surface area (Å²) in [6.07, 6.45) is -1.82. The van der Waals surface area contributed by atoms with E-state index in [-0.39, 0.29) is 31.0 Å². The average molecular weight is 522 g/mol. The van der Waals surface area contributed by atoms with E-state index in [0.717, 1.165) is 0 Å². The molecule has 0 radical (unpaired) electrons. The maximum absolute atomic E-state index is 12.5. The monoisotopic (exact) mass is 521 g/mol. The number of carbonyl (C=O) groups is 5. The van der Waals surface area contributed by atoms with Gasteiger partial charge in [0.25, 0.3) is 5.91 Å². The van der Waals surface area contributed by atoms with Gasteiger partial charge in [0.15, 0.2) is 0 Å². The van der Waals surface area contributed by atoms with Crippen LogP contribution in [0.5, 0.6) is 0 Å². The Morgan fingerprint density at radius 1 is 0.919 bits per heavy atom. The van der Waals surface area contributed by atoms with Crippen LogP contribution in [0, 0.1) is 0 Å². The molecule has 0 aliphatic carbocycles. The SMILES string of the molecule is COC(=O)CCNC(=O)CNC(=O)c1cccc(N/C(=N/C(=O)OC(C)(C)C)NC(=O)OC(C)(C)C)c1. The van der Waals surface area contributed by atoms with E-state index in [1.807, 2.05) is 0 Å². The van der Waals surface area contributed by atoms with Crippen molar-refractivity contribution in [1.82, 2.24) is 16.0 Å². The molecule has 0 aliphatic heterocycles. The number of ether oxygens (including phenoxy) is 3. The number of hydrogen-bond donors (Lipinski definition) is 4. The van der Waals surface area contributed by atoms with Gasteiger partial charge in [0, 0.05) is 17.8 Å². The zero-order valence-corrected chi connectivity index (χ0v) is 22.1. The summed E-state index contributed by atoms with van der Waals surface area (Å²) in [5, 5.41) is 10.0. The first-order valence-corrected chi connectivity index (χ1v) is 11.4. The lowest BCUT2D eigenvalue weighted by molar-refractivity contribution is -0.140. The molecule has 204 valence electrons. The van der Waals surface area contributed by atoms with Crippen LogP contribution >= 0.6 is 0 Å². The second-order valence-corrected chi connectivity index (χ2v) is 9.63. The predicted octanol–water partition coefficient (Wildman–Crippen LogP) is 2.32. The van der Waals surface area contributed by atoms with Crippen LogP contribution in [-0.4, -0.2) is 67.3 Å². The van der Waals surface area contributed by atoms with Gasteiger partial charge in [-0.2, -0.15) is 0 Å². The van der Waals surface area contributed by atoms with Gasteiger partial charge in [0.2, 0.25) is 11.9 Å². The lowest BCUT2D eigenvalue weighted by atomic mass is 10.2. The van der Waals surface area contributed by atoms with Gasteiger partial charge in [-0.15, -0.1) is 4.99 Å². The molecule has 0 bridgehead atoms. The highest BCUT2D eigenvalue weighted by Gasteiger charge is 2.21. The van der Waals surface area contributed by atoms with Crippen molar-refractivity contribution < 1.29 is 38.2 Å². The zero-order valence-electron chi connectivity index (χ0n) is 22.1. The third-order valence-electron chi connectivity index (χ3n) is 3.89. The Balaban J connectivity index is 2.90. The van der Waals surface area contributed by atoms with Gasteiger partial charge in [-0.25, -0.2) is 9.59 Å². The number of esters is 1. The van der Waals surface area contributed by atoms with Crippen LogP contribution in [0.3, 0.4) is 0 Å². The molecule has 1 aromatic carbocycles. The molecule has 0 saturated heterocycles. The van der Waals surface area contributed by atoms with Gasteiger partial charge in [-0.05, 0) is 59.7 Å². The van der Waals surface area contributed by atoms with E-state index in [9.17, 15) is 24.0 Å². The molecule has 1 rings (SSSR count). The van der Waals surface area contributed by atoms with E-state index in [4.69, 9.17) is 9.47 Å². The first kappa shape index (κ1) is 30.9. The van der Waals surface area contributed by atoms with Gasteiger partial charge in [0.1, 0.15) is 11.2 Å². The highest BCUT2D eigenvalue weighted by molar-refractivity contribution is 6.06. The van der Waals surface area contributed by atoms with Gasteiger partial charge in [-0.3, -0.25) is 19.7 Å². The Morgan fingerprint density at radius 3 is 2.16 bits per heavy atom. The molecule has 4 amide bonds. The highest BCUT2D eigenvalue weighted by Crippen LogP contribution is 2.13. The summed E-state index contributed by atoms with van der Waals surface area (Å²) in [5.74, 6) is -1.80. The van der Waals surface area contributed by atoms with E-state index in [2.05, 4.69) is 31.0 Å². The predicted molar refractivity (Wildman–Crippen MR) is 135 cm³/mol. The number of guanidine groups is 1. The Hall–Kier alpha value is -4.16. The van der Waals surface area contributed by atoms with Gasteiger partial charge >= 0.3 is 18.2 Å². The summed E-state index contributed by atoms with van der Waals surface area (Å²) in [5.41, 5.74) is -1.14. The molecule has 0 fully saturated rings. The average Bonchev–Trinajstić information content (AvgIpc) is 2.74. The molecule has 4 N–H and O–H groups in total. The first-order valence-electron chi connectivity index (χ1n) is 11.4. The number of amides is 4. The van der Waals surface area contributed by atoms with Crippen LogP contribution < -0.4 is 21.3 Å². The minimum atomic E-state index is -0.960. The molecule has 0 aromatic heterocycles. The van der Waals surface area contributed by atoms with E-state index in [0.29, 0.717) is 5.69 Å². The highest BCUT2D eigenvalue weighted by atomic mass is 16.6. The summed E-state index contributed by atoms with van der Waals surface area (Å²) in [7, 11) is 1.24. The van der Waals surface area contributed by atoms with Gasteiger partial charge in [-0.1, -0.05) is 6.07 Å². The fourth-order valence-electron chi connectivity index (χ4n) is 2.47. The summed E-state index contributed by atoms with van der Waals surface area (Å²) >= 11 is 0. The van der Waals surface area contributed by atoms with Crippen LogP contribution in [0.1, 0.15) is 58.3 Å². The van der Waals surface area contributed by atoms with Crippen LogP contribution in [0.4, 0.5) is 15.3 Å². The third-order valence-corrected chi connectivity index (χ3v) is 3.89. The maximum atomic E-state index is 12.5. The Kier molecular flexibility index (Phi) is 11.5. The second-order valence-electron chi connectivity index (χ2n) is 9.63. The number of nitrogens with one attached hydrogen (secondary N) is 4. The zero-order chi connectivity index (χ0) is 28.2. The summed E-state index contributed by atoms with van der Waals surface area (Å²) in [4.78, 5) is 63.6. The van der Waals surface area contributed by atoms with Crippen molar-refractivity contribution in [3.63, 3.8) is 0 Å². The molecule has 0 spiro atoms. The van der Waals surface area contributed by atoms with E-state index in [1.165, 1.54) is 19.2 Å². The van der Waals surface area contributed by atoms with Crippen molar-refractivity contribution in [2.45, 2.75) is 59.2 Å². The van der Waals surface area contributed by atoms with Crippen LogP contribution in [0.2, 0.25) is 0 Å². The summed E-state index contributed by atoms with van der Waals surface area (Å²) in [6, 6.07) is 6.04. The number of aliphatic imine (C=N–C) groups is 1. The van der Waals surface area contributed by atoms with Crippen molar-refractivity contribution in [2.24, 2.45) is 4.99 Å². The minimum absolute atomic E-state index is 0.00835. The second kappa shape index (κ2) is 13.8. The molecule has 37 heavy (non-hydrogen) atoms. The Morgan fingerprint density at radius 2 is 1.57 bits per heavy atom. The standard InChI is InChI=1S/C24H35N5O8/c1-23(2,3)36-21(33)28-20(29-22(34)37-24(4,5)6)27-16-10-8-9-15(13-16)19(32)26-14-17(30)25-12-11-18(31)35-7/h8-10,13H,11-12,14H2,1-7H3,(H,25,30)(H,26,32)(H2,27,28,29,33,34). The quantitative estimate of drug-likeness (QED) is 0.182. The third kappa shape index (κ3) is 14.1. The first-order chi connectivity index (χ1) is 17.1. The lowest BCUT2D eigenvalue weighted by Crippen LogP contribution is -2.40. The lowest BCUT2D eigenvalue weighted by Gasteiger charge is -2.21. The number of anilines is 1. The van der Waals surface area contributed by atoms with Crippen LogP contribution in [0.15, 0.2) is 29.3 Å². The number of alkyl carbamates (subject to hydrolysis) is 1. The van der Waals surface area contributed by atoms with E-state index >= 15 is 0 Å². The molecular formula is C24H35N5O8.